The van der Waals surface area contributed by atoms with Gasteiger partial charge in [-0.15, -0.1) is 0 Å². The Hall–Kier alpha value is -0.840. The van der Waals surface area contributed by atoms with Crippen molar-refractivity contribution in [1.82, 2.24) is 10.6 Å². The Morgan fingerprint density at radius 1 is 1.22 bits per heavy atom. The smallest absolute Gasteiger partial charge is 0.166 e. The van der Waals surface area contributed by atoms with Crippen molar-refractivity contribution in [3.63, 3.8) is 0 Å². The summed E-state index contributed by atoms with van der Waals surface area (Å²) in [6.45, 7) is 2.40. The summed E-state index contributed by atoms with van der Waals surface area (Å²) in [5, 5.41) is 7.76. The van der Waals surface area contributed by atoms with Crippen LogP contribution in [0.2, 0.25) is 5.02 Å². The molecular weight excluding hydrogens is 268 g/mol. The lowest BCUT2D eigenvalue weighted by Crippen LogP contribution is -2.37. The number of benzene rings is 1. The van der Waals surface area contributed by atoms with Crippen molar-refractivity contribution in [1.29, 1.82) is 0 Å². The largest absolute Gasteiger partial charge is 0.385 e. The van der Waals surface area contributed by atoms with Crippen LogP contribution in [-0.4, -0.2) is 31.9 Å². The van der Waals surface area contributed by atoms with Gasteiger partial charge < -0.3 is 15.4 Å². The lowest BCUT2D eigenvalue weighted by molar-refractivity contribution is 0.195. The van der Waals surface area contributed by atoms with Gasteiger partial charge in [0, 0.05) is 31.8 Å². The quantitative estimate of drug-likeness (QED) is 0.596. The van der Waals surface area contributed by atoms with E-state index in [2.05, 4.69) is 10.6 Å². The molecule has 0 unspecified atom stereocenters. The van der Waals surface area contributed by atoms with Gasteiger partial charge in [-0.2, -0.15) is 0 Å². The van der Waals surface area contributed by atoms with E-state index in [1.807, 2.05) is 24.3 Å². The molecule has 3 nitrogen and oxygen atoms in total. The maximum atomic E-state index is 5.82. The maximum Gasteiger partial charge on any atom is 0.166 e. The van der Waals surface area contributed by atoms with Gasteiger partial charge in [-0.25, -0.2) is 0 Å². The second-order valence-corrected chi connectivity index (χ2v) is 4.75. The van der Waals surface area contributed by atoms with Gasteiger partial charge in [0.05, 0.1) is 0 Å². The van der Waals surface area contributed by atoms with Gasteiger partial charge in [0.15, 0.2) is 5.11 Å². The number of nitrogens with one attached hydrogen (secondary N) is 2. The Labute approximate surface area is 119 Å². The van der Waals surface area contributed by atoms with E-state index in [1.165, 1.54) is 5.56 Å². The first-order chi connectivity index (χ1) is 8.72. The fraction of sp³-hybridized carbons (Fsp3) is 0.462. The number of ether oxygens (including phenoxy) is 1. The Morgan fingerprint density at radius 2 is 1.89 bits per heavy atom. The molecule has 1 aromatic carbocycles. The third-order valence-corrected chi connectivity index (χ3v) is 2.96. The molecule has 0 aliphatic rings. The van der Waals surface area contributed by atoms with Crippen LogP contribution in [0.25, 0.3) is 0 Å². The average Bonchev–Trinajstić information content (AvgIpc) is 2.37. The van der Waals surface area contributed by atoms with Gasteiger partial charge in [-0.05, 0) is 42.8 Å². The highest BCUT2D eigenvalue weighted by atomic mass is 35.5. The SMILES string of the molecule is COCCCNC(=S)NCCc1ccc(Cl)cc1. The van der Waals surface area contributed by atoms with E-state index in [9.17, 15) is 0 Å². The molecule has 0 fully saturated rings. The van der Waals surface area contributed by atoms with Crippen LogP contribution in [-0.2, 0) is 11.2 Å². The molecule has 100 valence electrons. The van der Waals surface area contributed by atoms with Crippen LogP contribution in [0.1, 0.15) is 12.0 Å². The molecule has 0 amide bonds. The summed E-state index contributed by atoms with van der Waals surface area (Å²) >= 11 is 11.0. The molecule has 0 radical (unpaired) electrons. The minimum atomic E-state index is 0.695. The summed E-state index contributed by atoms with van der Waals surface area (Å²) < 4.78 is 4.96. The van der Waals surface area contributed by atoms with Crippen molar-refractivity contribution in [3.05, 3.63) is 34.9 Å². The summed E-state index contributed by atoms with van der Waals surface area (Å²) in [7, 11) is 1.70. The van der Waals surface area contributed by atoms with E-state index in [4.69, 9.17) is 28.6 Å². The Bertz CT molecular complexity index is 357. The van der Waals surface area contributed by atoms with Crippen molar-refractivity contribution >= 4 is 28.9 Å². The molecule has 0 heterocycles. The van der Waals surface area contributed by atoms with Gasteiger partial charge in [-0.1, -0.05) is 23.7 Å². The first kappa shape index (κ1) is 15.2. The highest BCUT2D eigenvalue weighted by molar-refractivity contribution is 7.80. The summed E-state index contributed by atoms with van der Waals surface area (Å²) in [6, 6.07) is 7.86. The first-order valence-corrected chi connectivity index (χ1v) is 6.76. The number of hydrogen-bond acceptors (Lipinski definition) is 2. The van der Waals surface area contributed by atoms with E-state index in [0.717, 1.165) is 37.6 Å². The van der Waals surface area contributed by atoms with Crippen LogP contribution < -0.4 is 10.6 Å². The third-order valence-electron chi connectivity index (χ3n) is 2.42. The van der Waals surface area contributed by atoms with Crippen LogP contribution in [0.4, 0.5) is 0 Å². The van der Waals surface area contributed by atoms with Crippen molar-refractivity contribution in [2.45, 2.75) is 12.8 Å². The van der Waals surface area contributed by atoms with Gasteiger partial charge in [0.1, 0.15) is 0 Å². The number of halogens is 1. The Morgan fingerprint density at radius 3 is 2.56 bits per heavy atom. The average molecular weight is 287 g/mol. The zero-order valence-corrected chi connectivity index (χ0v) is 12.1. The predicted molar refractivity (Wildman–Crippen MR) is 80.3 cm³/mol. The molecule has 0 spiro atoms. The zero-order chi connectivity index (χ0) is 13.2. The van der Waals surface area contributed by atoms with E-state index in [-0.39, 0.29) is 0 Å². The molecule has 18 heavy (non-hydrogen) atoms. The second-order valence-electron chi connectivity index (χ2n) is 3.91. The summed E-state index contributed by atoms with van der Waals surface area (Å²) in [5.41, 5.74) is 1.24. The van der Waals surface area contributed by atoms with Crippen molar-refractivity contribution in [3.8, 4) is 0 Å². The molecule has 0 aliphatic carbocycles. The standard InChI is InChI=1S/C13H19ClN2OS/c1-17-10-2-8-15-13(18)16-9-7-11-3-5-12(14)6-4-11/h3-6H,2,7-10H2,1H3,(H2,15,16,18). The molecule has 0 saturated carbocycles. The highest BCUT2D eigenvalue weighted by Gasteiger charge is 1.96. The van der Waals surface area contributed by atoms with Crippen LogP contribution in [0, 0.1) is 0 Å². The van der Waals surface area contributed by atoms with Crippen molar-refractivity contribution < 1.29 is 4.74 Å². The van der Waals surface area contributed by atoms with Crippen LogP contribution in [0.15, 0.2) is 24.3 Å². The molecule has 0 aliphatic heterocycles. The zero-order valence-electron chi connectivity index (χ0n) is 10.5. The highest BCUT2D eigenvalue weighted by Crippen LogP contribution is 2.09. The van der Waals surface area contributed by atoms with Crippen LogP contribution in [0.5, 0.6) is 0 Å². The maximum absolute atomic E-state index is 5.82. The molecule has 0 aromatic heterocycles. The minimum Gasteiger partial charge on any atom is -0.385 e. The fourth-order valence-corrected chi connectivity index (χ4v) is 1.78. The normalized spacial score (nSPS) is 10.1. The molecule has 0 bridgehead atoms. The number of rotatable bonds is 7. The van der Waals surface area contributed by atoms with E-state index >= 15 is 0 Å². The van der Waals surface area contributed by atoms with Crippen molar-refractivity contribution in [2.75, 3.05) is 26.8 Å². The number of methoxy groups -OCH3 is 1. The number of thiocarbonyl (C=S) groups is 1. The molecule has 5 heteroatoms. The summed E-state index contributed by atoms with van der Waals surface area (Å²) in [5.74, 6) is 0. The van der Waals surface area contributed by atoms with E-state index in [1.54, 1.807) is 7.11 Å². The number of hydrogen-bond donors (Lipinski definition) is 2. The minimum absolute atomic E-state index is 0.695. The third kappa shape index (κ3) is 6.79. The molecule has 0 saturated heterocycles. The van der Waals surface area contributed by atoms with E-state index in [0.29, 0.717) is 5.11 Å². The van der Waals surface area contributed by atoms with Gasteiger partial charge in [0.25, 0.3) is 0 Å². The second kappa shape index (κ2) is 9.14. The molecule has 2 N–H and O–H groups in total. The predicted octanol–water partition coefficient (Wildman–Crippen LogP) is 2.38. The van der Waals surface area contributed by atoms with E-state index < -0.39 is 0 Å². The molecule has 1 aromatic rings. The van der Waals surface area contributed by atoms with Crippen molar-refractivity contribution in [2.24, 2.45) is 0 Å². The molecular formula is C13H19ClN2OS. The molecule has 0 atom stereocenters. The lowest BCUT2D eigenvalue weighted by atomic mass is 10.1. The topological polar surface area (TPSA) is 33.3 Å². The van der Waals surface area contributed by atoms with Gasteiger partial charge in [-0.3, -0.25) is 0 Å². The Balaban J connectivity index is 2.10. The summed E-state index contributed by atoms with van der Waals surface area (Å²) in [6.07, 6.45) is 1.88. The fourth-order valence-electron chi connectivity index (χ4n) is 1.45. The first-order valence-electron chi connectivity index (χ1n) is 5.97. The lowest BCUT2D eigenvalue weighted by Gasteiger charge is -2.10. The van der Waals surface area contributed by atoms with Crippen LogP contribution >= 0.6 is 23.8 Å². The van der Waals surface area contributed by atoms with Gasteiger partial charge in [0.2, 0.25) is 0 Å². The van der Waals surface area contributed by atoms with Gasteiger partial charge >= 0.3 is 0 Å². The monoisotopic (exact) mass is 286 g/mol. The molecule has 1 rings (SSSR count). The van der Waals surface area contributed by atoms with Crippen LogP contribution in [0.3, 0.4) is 0 Å². The summed E-state index contributed by atoms with van der Waals surface area (Å²) in [4.78, 5) is 0. The Kier molecular flexibility index (Phi) is 7.73.